The second kappa shape index (κ2) is 9.44. The van der Waals surface area contributed by atoms with Crippen molar-refractivity contribution in [1.29, 1.82) is 0 Å². The molecule has 0 saturated carbocycles. The van der Waals surface area contributed by atoms with E-state index < -0.39 is 15.9 Å². The van der Waals surface area contributed by atoms with E-state index in [0.717, 1.165) is 11.8 Å². The Labute approximate surface area is 181 Å². The summed E-state index contributed by atoms with van der Waals surface area (Å²) in [5.74, 6) is -0.378. The number of phenols is 1. The fraction of sp³-hybridized carbons (Fsp3) is 0.130. The molecule has 3 aromatic carbocycles. The highest BCUT2D eigenvalue weighted by atomic mass is 32.2. The molecule has 0 atom stereocenters. The van der Waals surface area contributed by atoms with E-state index in [4.69, 9.17) is 0 Å². The van der Waals surface area contributed by atoms with Crippen LogP contribution in [0.3, 0.4) is 0 Å². The molecule has 3 aromatic rings. The lowest BCUT2D eigenvalue weighted by molar-refractivity contribution is 0.0955. The Hall–Kier alpha value is -3.65. The molecule has 3 rings (SSSR count). The Morgan fingerprint density at radius 2 is 1.58 bits per heavy atom. The zero-order chi connectivity index (χ0) is 22.4. The Morgan fingerprint density at radius 1 is 0.968 bits per heavy atom. The maximum atomic E-state index is 12.4. The van der Waals surface area contributed by atoms with Crippen molar-refractivity contribution in [1.82, 2.24) is 5.43 Å². The number of hydrogen-bond donors (Lipinski definition) is 2. The van der Waals surface area contributed by atoms with Crippen LogP contribution >= 0.6 is 0 Å². The number of nitrogens with zero attached hydrogens (tertiary/aromatic N) is 2. The largest absolute Gasteiger partial charge is 0.507 e. The second-order valence-corrected chi connectivity index (χ2v) is 8.86. The summed E-state index contributed by atoms with van der Waals surface area (Å²) in [6.45, 7) is 1.86. The molecule has 8 heteroatoms. The molecule has 1 amide bonds. The lowest BCUT2D eigenvalue weighted by Gasteiger charge is -2.22. The Balaban J connectivity index is 1.75. The van der Waals surface area contributed by atoms with Crippen LogP contribution in [0.15, 0.2) is 84.0 Å². The zero-order valence-electron chi connectivity index (χ0n) is 17.2. The Morgan fingerprint density at radius 3 is 2.19 bits per heavy atom. The first kappa shape index (κ1) is 22.0. The fourth-order valence-corrected chi connectivity index (χ4v) is 3.86. The number of rotatable bonds is 7. The van der Waals surface area contributed by atoms with Gasteiger partial charge in [-0.05, 0) is 48.9 Å². The van der Waals surface area contributed by atoms with Gasteiger partial charge in [-0.1, -0.05) is 42.5 Å². The monoisotopic (exact) mass is 437 g/mol. The van der Waals surface area contributed by atoms with Crippen molar-refractivity contribution in [3.8, 4) is 5.75 Å². The maximum absolute atomic E-state index is 12.4. The van der Waals surface area contributed by atoms with Crippen LogP contribution in [0, 0.1) is 0 Å². The third kappa shape index (κ3) is 5.70. The first-order valence-electron chi connectivity index (χ1n) is 9.50. The third-order valence-corrected chi connectivity index (χ3v) is 5.75. The predicted molar refractivity (Wildman–Crippen MR) is 122 cm³/mol. The van der Waals surface area contributed by atoms with Crippen molar-refractivity contribution >= 4 is 27.3 Å². The molecule has 0 aliphatic heterocycles. The van der Waals surface area contributed by atoms with Crippen LogP contribution in [0.5, 0.6) is 5.75 Å². The number of amides is 1. The molecule has 0 radical (unpaired) electrons. The average molecular weight is 438 g/mol. The van der Waals surface area contributed by atoms with E-state index in [-0.39, 0.29) is 12.3 Å². The fourth-order valence-electron chi connectivity index (χ4n) is 2.97. The molecule has 0 saturated heterocycles. The first-order valence-corrected chi connectivity index (χ1v) is 11.4. The van der Waals surface area contributed by atoms with Gasteiger partial charge in [-0.3, -0.25) is 9.10 Å². The summed E-state index contributed by atoms with van der Waals surface area (Å²) in [4.78, 5) is 12.4. The number of nitrogens with one attached hydrogen (secondary N) is 1. The van der Waals surface area contributed by atoms with Crippen molar-refractivity contribution in [2.75, 3.05) is 10.6 Å². The Kier molecular flexibility index (Phi) is 6.71. The molecule has 0 aromatic heterocycles. The molecule has 0 aliphatic rings. The molecule has 0 unspecified atom stereocenters. The van der Waals surface area contributed by atoms with E-state index in [1.54, 1.807) is 49.4 Å². The second-order valence-electron chi connectivity index (χ2n) is 6.96. The predicted octanol–water partition coefficient (Wildman–Crippen LogP) is 3.51. The molecule has 160 valence electrons. The van der Waals surface area contributed by atoms with Crippen molar-refractivity contribution in [3.63, 3.8) is 0 Å². The zero-order valence-corrected chi connectivity index (χ0v) is 18.0. The lowest BCUT2D eigenvalue weighted by Crippen LogP contribution is -2.29. The van der Waals surface area contributed by atoms with Gasteiger partial charge in [0.2, 0.25) is 10.0 Å². The van der Waals surface area contributed by atoms with Crippen molar-refractivity contribution in [2.45, 2.75) is 13.5 Å². The van der Waals surface area contributed by atoms with Gasteiger partial charge in [0, 0.05) is 11.1 Å². The number of benzene rings is 3. The van der Waals surface area contributed by atoms with Gasteiger partial charge in [0.25, 0.3) is 5.91 Å². The maximum Gasteiger partial charge on any atom is 0.271 e. The highest BCUT2D eigenvalue weighted by Gasteiger charge is 2.18. The molecule has 0 spiro atoms. The molecule has 0 bridgehead atoms. The summed E-state index contributed by atoms with van der Waals surface area (Å²) in [7, 11) is -3.52. The number of anilines is 1. The number of para-hydroxylation sites is 1. The summed E-state index contributed by atoms with van der Waals surface area (Å²) >= 11 is 0. The normalized spacial score (nSPS) is 11.7. The minimum absolute atomic E-state index is 0.0710. The molecule has 2 N–H and O–H groups in total. The Bertz CT molecular complexity index is 1190. The number of hydrazone groups is 1. The van der Waals surface area contributed by atoms with Crippen LogP contribution < -0.4 is 9.73 Å². The lowest BCUT2D eigenvalue weighted by atomic mass is 10.1. The van der Waals surface area contributed by atoms with E-state index in [1.807, 2.05) is 30.3 Å². The van der Waals surface area contributed by atoms with E-state index in [1.165, 1.54) is 10.4 Å². The van der Waals surface area contributed by atoms with Gasteiger partial charge in [-0.15, -0.1) is 0 Å². The highest BCUT2D eigenvalue weighted by molar-refractivity contribution is 7.92. The van der Waals surface area contributed by atoms with E-state index in [0.29, 0.717) is 22.5 Å². The quantitative estimate of drug-likeness (QED) is 0.436. The van der Waals surface area contributed by atoms with Gasteiger partial charge in [0.1, 0.15) is 5.75 Å². The summed E-state index contributed by atoms with van der Waals surface area (Å²) in [5.41, 5.74) is 5.05. The molecular weight excluding hydrogens is 414 g/mol. The summed E-state index contributed by atoms with van der Waals surface area (Å²) < 4.78 is 25.9. The minimum atomic E-state index is -3.52. The highest BCUT2D eigenvalue weighted by Crippen LogP contribution is 2.21. The first-order chi connectivity index (χ1) is 14.8. The molecule has 31 heavy (non-hydrogen) atoms. The van der Waals surface area contributed by atoms with Crippen LogP contribution in [-0.2, 0) is 16.6 Å². The van der Waals surface area contributed by atoms with Crippen molar-refractivity contribution in [2.24, 2.45) is 5.10 Å². The smallest absolute Gasteiger partial charge is 0.271 e. The van der Waals surface area contributed by atoms with Gasteiger partial charge in [0.05, 0.1) is 24.2 Å². The number of phenolic OH excluding ortho intramolecular Hbond substituents is 1. The SMILES string of the molecule is C/C(=N\NC(=O)c1ccc(N(Cc2ccccc2)S(C)(=O)=O)cc1)c1ccccc1O. The van der Waals surface area contributed by atoms with E-state index >= 15 is 0 Å². The van der Waals surface area contributed by atoms with Crippen molar-refractivity contribution in [3.05, 3.63) is 95.6 Å². The van der Waals surface area contributed by atoms with Crippen LogP contribution in [0.2, 0.25) is 0 Å². The minimum Gasteiger partial charge on any atom is -0.507 e. The topological polar surface area (TPSA) is 99.1 Å². The number of carbonyl (C=O) groups excluding carboxylic acids is 1. The van der Waals surface area contributed by atoms with E-state index in [2.05, 4.69) is 10.5 Å². The number of aromatic hydroxyl groups is 1. The van der Waals surface area contributed by atoms with Crippen LogP contribution in [0.1, 0.15) is 28.4 Å². The van der Waals surface area contributed by atoms with Gasteiger partial charge >= 0.3 is 0 Å². The van der Waals surface area contributed by atoms with Crippen molar-refractivity contribution < 1.29 is 18.3 Å². The third-order valence-electron chi connectivity index (χ3n) is 4.61. The van der Waals surface area contributed by atoms with E-state index in [9.17, 15) is 18.3 Å². The number of hydrogen-bond acceptors (Lipinski definition) is 5. The van der Waals surface area contributed by atoms with Crippen LogP contribution in [-0.4, -0.2) is 31.4 Å². The van der Waals surface area contributed by atoms with Gasteiger partial charge in [-0.25, -0.2) is 13.8 Å². The van der Waals surface area contributed by atoms with Crippen LogP contribution in [0.4, 0.5) is 5.69 Å². The summed E-state index contributed by atoms with van der Waals surface area (Å²) in [5, 5.41) is 13.9. The van der Waals surface area contributed by atoms with Crippen LogP contribution in [0.25, 0.3) is 0 Å². The number of sulfonamides is 1. The molecule has 7 nitrogen and oxygen atoms in total. The molecule has 0 fully saturated rings. The molecule has 0 heterocycles. The van der Waals surface area contributed by atoms with Gasteiger partial charge in [0.15, 0.2) is 0 Å². The molecule has 0 aliphatic carbocycles. The summed E-state index contributed by atoms with van der Waals surface area (Å²) in [6, 6.07) is 22.2. The number of carbonyl (C=O) groups is 1. The molecular formula is C23H23N3O4S. The average Bonchev–Trinajstić information content (AvgIpc) is 2.76. The van der Waals surface area contributed by atoms with Gasteiger partial charge in [-0.2, -0.15) is 5.10 Å². The standard InChI is InChI=1S/C23H23N3O4S/c1-17(21-10-6-7-11-22(21)27)24-25-23(28)19-12-14-20(15-13-19)26(31(2,29)30)16-18-8-4-3-5-9-18/h3-15,27H,16H2,1-2H3,(H,25,28)/b24-17+. The van der Waals surface area contributed by atoms with Gasteiger partial charge < -0.3 is 5.11 Å². The summed E-state index contributed by atoms with van der Waals surface area (Å²) in [6.07, 6.45) is 1.15.